The summed E-state index contributed by atoms with van der Waals surface area (Å²) < 4.78 is 13.5. The number of carbonyl (C=O) groups is 1. The summed E-state index contributed by atoms with van der Waals surface area (Å²) in [6, 6.07) is 6.35. The Bertz CT molecular complexity index is 688. The van der Waals surface area contributed by atoms with Crippen LogP contribution < -0.4 is 5.32 Å². The summed E-state index contributed by atoms with van der Waals surface area (Å²) in [5, 5.41) is 21.5. The number of amides is 1. The molecule has 0 aliphatic carbocycles. The molecule has 0 radical (unpaired) electrons. The molecule has 0 aliphatic rings. The normalized spacial score (nSPS) is 10.3. The van der Waals surface area contributed by atoms with E-state index in [-0.39, 0.29) is 21.5 Å². The van der Waals surface area contributed by atoms with Crippen molar-refractivity contribution in [1.29, 1.82) is 0 Å². The highest BCUT2D eigenvalue weighted by Gasteiger charge is 2.14. The molecule has 0 unspecified atom stereocenters. The highest BCUT2D eigenvalue weighted by atomic mass is 79.9. The summed E-state index contributed by atoms with van der Waals surface area (Å²) >= 11 is 3.04. The van der Waals surface area contributed by atoms with Crippen LogP contribution in [0.1, 0.15) is 15.9 Å². The van der Waals surface area contributed by atoms with Crippen molar-refractivity contribution in [2.24, 2.45) is 0 Å². The molecule has 104 valence electrons. The van der Waals surface area contributed by atoms with Gasteiger partial charge in [0.25, 0.3) is 5.91 Å². The lowest BCUT2D eigenvalue weighted by molar-refractivity contribution is 0.102. The SMILES string of the molecule is Cc1cc(F)c(Br)cc1NC(=O)c1cc(O)ccc1O. The number of hydrogen-bond acceptors (Lipinski definition) is 3. The largest absolute Gasteiger partial charge is 0.508 e. The standard InChI is InChI=1S/C14H11BrFNO3/c1-7-4-11(16)10(15)6-12(7)17-14(20)9-5-8(18)2-3-13(9)19/h2-6,18-19H,1H3,(H,17,20). The van der Waals surface area contributed by atoms with Gasteiger partial charge in [-0.15, -0.1) is 0 Å². The zero-order valence-electron chi connectivity index (χ0n) is 10.4. The van der Waals surface area contributed by atoms with Gasteiger partial charge in [0.1, 0.15) is 17.3 Å². The van der Waals surface area contributed by atoms with Crippen LogP contribution in [-0.2, 0) is 0 Å². The van der Waals surface area contributed by atoms with Crippen LogP contribution in [-0.4, -0.2) is 16.1 Å². The number of rotatable bonds is 2. The molecule has 0 aliphatic heterocycles. The molecular formula is C14H11BrFNO3. The van der Waals surface area contributed by atoms with Gasteiger partial charge in [0, 0.05) is 5.69 Å². The number of halogens is 2. The minimum absolute atomic E-state index is 0.0650. The van der Waals surface area contributed by atoms with Crippen LogP contribution in [0.5, 0.6) is 11.5 Å². The second kappa shape index (κ2) is 5.50. The van der Waals surface area contributed by atoms with Crippen LogP contribution in [0.3, 0.4) is 0 Å². The molecule has 0 saturated heterocycles. The number of carbonyl (C=O) groups excluding carboxylic acids is 1. The molecule has 0 heterocycles. The minimum atomic E-state index is -0.597. The van der Waals surface area contributed by atoms with Crippen LogP contribution in [0.15, 0.2) is 34.8 Å². The van der Waals surface area contributed by atoms with E-state index in [2.05, 4.69) is 21.2 Å². The third kappa shape index (κ3) is 2.91. The van der Waals surface area contributed by atoms with E-state index >= 15 is 0 Å². The average Bonchev–Trinajstić information content (AvgIpc) is 2.38. The zero-order chi connectivity index (χ0) is 14.9. The first-order valence-electron chi connectivity index (χ1n) is 5.67. The van der Waals surface area contributed by atoms with Crippen molar-refractivity contribution in [3.05, 3.63) is 51.7 Å². The van der Waals surface area contributed by atoms with Gasteiger partial charge in [-0.3, -0.25) is 4.79 Å². The fourth-order valence-electron chi connectivity index (χ4n) is 1.68. The number of phenols is 2. The van der Waals surface area contributed by atoms with Crippen molar-refractivity contribution < 1.29 is 19.4 Å². The van der Waals surface area contributed by atoms with E-state index in [0.29, 0.717) is 11.3 Å². The van der Waals surface area contributed by atoms with Gasteiger partial charge in [0.2, 0.25) is 0 Å². The minimum Gasteiger partial charge on any atom is -0.508 e. The summed E-state index contributed by atoms with van der Waals surface area (Å²) in [7, 11) is 0. The number of benzene rings is 2. The van der Waals surface area contributed by atoms with E-state index in [9.17, 15) is 19.4 Å². The maximum absolute atomic E-state index is 13.3. The fraction of sp³-hybridized carbons (Fsp3) is 0.0714. The number of phenolic OH excluding ortho intramolecular Hbond substituents is 2. The lowest BCUT2D eigenvalue weighted by atomic mass is 10.1. The highest BCUT2D eigenvalue weighted by Crippen LogP contribution is 2.27. The molecular weight excluding hydrogens is 329 g/mol. The van der Waals surface area contributed by atoms with E-state index in [4.69, 9.17) is 0 Å². The number of nitrogens with one attached hydrogen (secondary N) is 1. The van der Waals surface area contributed by atoms with Crippen LogP contribution in [0.4, 0.5) is 10.1 Å². The first-order valence-corrected chi connectivity index (χ1v) is 6.47. The average molecular weight is 340 g/mol. The lowest BCUT2D eigenvalue weighted by Gasteiger charge is -2.10. The maximum Gasteiger partial charge on any atom is 0.259 e. The molecule has 0 saturated carbocycles. The summed E-state index contributed by atoms with van der Waals surface area (Å²) in [5.74, 6) is -1.41. The van der Waals surface area contributed by atoms with E-state index in [1.165, 1.54) is 24.3 Å². The Morgan fingerprint density at radius 1 is 1.25 bits per heavy atom. The quantitative estimate of drug-likeness (QED) is 0.732. The Kier molecular flexibility index (Phi) is 3.94. The predicted octanol–water partition coefficient (Wildman–Crippen LogP) is 3.56. The molecule has 20 heavy (non-hydrogen) atoms. The number of aryl methyl sites for hydroxylation is 1. The van der Waals surface area contributed by atoms with E-state index in [1.54, 1.807) is 6.92 Å². The molecule has 1 amide bonds. The van der Waals surface area contributed by atoms with E-state index in [1.807, 2.05) is 0 Å². The van der Waals surface area contributed by atoms with Gasteiger partial charge < -0.3 is 15.5 Å². The second-order valence-electron chi connectivity index (χ2n) is 4.24. The summed E-state index contributed by atoms with van der Waals surface area (Å²) in [4.78, 5) is 12.0. The van der Waals surface area contributed by atoms with Gasteiger partial charge in [-0.2, -0.15) is 0 Å². The molecule has 0 bridgehead atoms. The Morgan fingerprint density at radius 3 is 2.65 bits per heavy atom. The first-order chi connectivity index (χ1) is 9.38. The number of anilines is 1. The monoisotopic (exact) mass is 339 g/mol. The molecule has 2 aromatic rings. The molecule has 0 fully saturated rings. The van der Waals surface area contributed by atoms with E-state index in [0.717, 1.165) is 6.07 Å². The molecule has 6 heteroatoms. The highest BCUT2D eigenvalue weighted by molar-refractivity contribution is 9.10. The van der Waals surface area contributed by atoms with Crippen LogP contribution >= 0.6 is 15.9 Å². The van der Waals surface area contributed by atoms with E-state index < -0.39 is 11.7 Å². The molecule has 2 aromatic carbocycles. The van der Waals surface area contributed by atoms with Crippen molar-refractivity contribution in [2.45, 2.75) is 6.92 Å². The van der Waals surface area contributed by atoms with Gasteiger partial charge in [0.05, 0.1) is 10.0 Å². The Morgan fingerprint density at radius 2 is 1.95 bits per heavy atom. The van der Waals surface area contributed by atoms with Gasteiger partial charge in [-0.1, -0.05) is 0 Å². The van der Waals surface area contributed by atoms with Crippen LogP contribution in [0.2, 0.25) is 0 Å². The molecule has 4 nitrogen and oxygen atoms in total. The Balaban J connectivity index is 2.32. The molecule has 3 N–H and O–H groups in total. The number of hydrogen-bond donors (Lipinski definition) is 3. The van der Waals surface area contributed by atoms with Crippen LogP contribution in [0, 0.1) is 12.7 Å². The van der Waals surface area contributed by atoms with Gasteiger partial charge in [-0.25, -0.2) is 4.39 Å². The van der Waals surface area contributed by atoms with Gasteiger partial charge in [0.15, 0.2) is 0 Å². The molecule has 0 aromatic heterocycles. The fourth-order valence-corrected chi connectivity index (χ4v) is 2.02. The van der Waals surface area contributed by atoms with Crippen molar-refractivity contribution in [2.75, 3.05) is 5.32 Å². The van der Waals surface area contributed by atoms with Crippen molar-refractivity contribution in [3.8, 4) is 11.5 Å². The topological polar surface area (TPSA) is 69.6 Å². The molecule has 0 atom stereocenters. The maximum atomic E-state index is 13.3. The van der Waals surface area contributed by atoms with Crippen molar-refractivity contribution in [1.82, 2.24) is 0 Å². The lowest BCUT2D eigenvalue weighted by Crippen LogP contribution is -2.13. The third-order valence-corrected chi connectivity index (χ3v) is 3.35. The summed E-state index contributed by atoms with van der Waals surface area (Å²) in [5.41, 5.74) is 0.884. The summed E-state index contributed by atoms with van der Waals surface area (Å²) in [6.07, 6.45) is 0. The molecule has 2 rings (SSSR count). The summed E-state index contributed by atoms with van der Waals surface area (Å²) in [6.45, 7) is 1.65. The first kappa shape index (κ1) is 14.3. The second-order valence-corrected chi connectivity index (χ2v) is 5.09. The zero-order valence-corrected chi connectivity index (χ0v) is 12.0. The van der Waals surface area contributed by atoms with Gasteiger partial charge >= 0.3 is 0 Å². The van der Waals surface area contributed by atoms with Crippen molar-refractivity contribution in [3.63, 3.8) is 0 Å². The smallest absolute Gasteiger partial charge is 0.259 e. The van der Waals surface area contributed by atoms with Crippen molar-refractivity contribution >= 4 is 27.5 Å². The predicted molar refractivity (Wildman–Crippen MR) is 76.6 cm³/mol. The third-order valence-electron chi connectivity index (χ3n) is 2.74. The number of aromatic hydroxyl groups is 2. The molecule has 0 spiro atoms. The van der Waals surface area contributed by atoms with Gasteiger partial charge in [-0.05, 0) is 58.7 Å². The Hall–Kier alpha value is -2.08. The van der Waals surface area contributed by atoms with Crippen LogP contribution in [0.25, 0.3) is 0 Å². The Labute approximate surface area is 123 Å².